The van der Waals surface area contributed by atoms with Crippen LogP contribution in [0, 0.1) is 5.82 Å². The Kier molecular flexibility index (Phi) is 8.24. The largest absolute Gasteiger partial charge is 0.369 e. The van der Waals surface area contributed by atoms with Gasteiger partial charge in [-0.2, -0.15) is 9.97 Å². The molecule has 0 unspecified atom stereocenters. The summed E-state index contributed by atoms with van der Waals surface area (Å²) in [6, 6.07) is 14.1. The maximum Gasteiger partial charge on any atom is 0.231 e. The highest BCUT2D eigenvalue weighted by molar-refractivity contribution is 6.18. The number of anilines is 4. The van der Waals surface area contributed by atoms with Gasteiger partial charge in [-0.05, 0) is 81.3 Å². The molecule has 11 heteroatoms. The van der Waals surface area contributed by atoms with Crippen molar-refractivity contribution < 1.29 is 14.0 Å². The maximum absolute atomic E-state index is 13.5. The number of aromatic nitrogens is 3. The maximum atomic E-state index is 13.5. The molecular formula is C32H37FN8O2. The summed E-state index contributed by atoms with van der Waals surface area (Å²) >= 11 is 0. The summed E-state index contributed by atoms with van der Waals surface area (Å²) in [5, 5.41) is 10.5. The van der Waals surface area contributed by atoms with Crippen molar-refractivity contribution in [2.24, 2.45) is 0 Å². The van der Waals surface area contributed by atoms with Gasteiger partial charge in [-0.25, -0.2) is 4.39 Å². The zero-order chi connectivity index (χ0) is 29.9. The third-order valence-corrected chi connectivity index (χ3v) is 8.35. The molecule has 43 heavy (non-hydrogen) atoms. The number of aromatic amines is 1. The minimum Gasteiger partial charge on any atom is -0.369 e. The molecule has 10 nitrogen and oxygen atoms in total. The average molecular weight is 585 g/mol. The average Bonchev–Trinajstić information content (AvgIpc) is 3.43. The van der Waals surface area contributed by atoms with Crippen molar-refractivity contribution in [3.05, 3.63) is 71.7 Å². The summed E-state index contributed by atoms with van der Waals surface area (Å²) in [7, 11) is 2.15. The summed E-state index contributed by atoms with van der Waals surface area (Å²) in [6.45, 7) is 5.62. The molecule has 4 N–H and O–H groups in total. The first kappa shape index (κ1) is 28.6. The number of amides is 1. The lowest BCUT2D eigenvalue weighted by atomic mass is 9.91. The number of carbonyl (C=O) groups excluding carboxylic acids is 2. The number of hydrogen-bond acceptors (Lipinski definition) is 8. The van der Waals surface area contributed by atoms with E-state index in [4.69, 9.17) is 9.97 Å². The van der Waals surface area contributed by atoms with Crippen molar-refractivity contribution in [3.63, 3.8) is 0 Å². The molecule has 1 aliphatic carbocycles. The van der Waals surface area contributed by atoms with Crippen LogP contribution >= 0.6 is 0 Å². The molecule has 6 rings (SSSR count). The molecule has 1 aliphatic heterocycles. The first-order chi connectivity index (χ1) is 20.8. The molecule has 3 heterocycles. The molecule has 0 radical (unpaired) electrons. The van der Waals surface area contributed by atoms with E-state index in [1.54, 1.807) is 13.1 Å². The van der Waals surface area contributed by atoms with E-state index in [0.717, 1.165) is 57.5 Å². The van der Waals surface area contributed by atoms with Crippen LogP contribution in [0.4, 0.5) is 27.5 Å². The van der Waals surface area contributed by atoms with Gasteiger partial charge in [-0.3, -0.25) is 9.59 Å². The lowest BCUT2D eigenvalue weighted by Gasteiger charge is -2.34. The molecule has 2 fully saturated rings. The Morgan fingerprint density at radius 1 is 0.907 bits per heavy atom. The normalized spacial score (nSPS) is 19.3. The number of H-pyrrole nitrogens is 1. The SMILES string of the molecule is CC(=O)NC1CCC(Nc2nc(Nc3ccc(N4CCN(C)CC4)cc3)nc3[nH]cc(C(=O)c4ccc(F)cc4)c23)CC1. The van der Waals surface area contributed by atoms with E-state index in [9.17, 15) is 14.0 Å². The van der Waals surface area contributed by atoms with Gasteiger partial charge in [0, 0.05) is 68.3 Å². The van der Waals surface area contributed by atoms with E-state index in [2.05, 4.69) is 49.9 Å². The van der Waals surface area contributed by atoms with Crippen LogP contribution in [0.1, 0.15) is 48.5 Å². The minimum atomic E-state index is -0.400. The van der Waals surface area contributed by atoms with Gasteiger partial charge in [0.2, 0.25) is 11.9 Å². The predicted octanol–water partition coefficient (Wildman–Crippen LogP) is 4.68. The van der Waals surface area contributed by atoms with Crippen molar-refractivity contribution >= 4 is 45.9 Å². The molecule has 0 atom stereocenters. The Balaban J connectivity index is 1.27. The van der Waals surface area contributed by atoms with Crippen molar-refractivity contribution in [1.82, 2.24) is 25.2 Å². The number of benzene rings is 2. The molecule has 1 amide bonds. The molecule has 0 spiro atoms. The molecule has 2 aliphatic rings. The van der Waals surface area contributed by atoms with Crippen LogP contribution in [0.2, 0.25) is 0 Å². The van der Waals surface area contributed by atoms with Crippen LogP contribution in [-0.4, -0.2) is 76.9 Å². The number of hydrogen-bond donors (Lipinski definition) is 4. The highest BCUT2D eigenvalue weighted by Gasteiger charge is 2.25. The number of halogens is 1. The van der Waals surface area contributed by atoms with E-state index in [-0.39, 0.29) is 23.8 Å². The Morgan fingerprint density at radius 2 is 1.58 bits per heavy atom. The minimum absolute atomic E-state index is 0.0162. The molecule has 1 saturated carbocycles. The van der Waals surface area contributed by atoms with E-state index in [1.165, 1.54) is 30.0 Å². The summed E-state index contributed by atoms with van der Waals surface area (Å²) < 4.78 is 13.5. The Labute approximate surface area is 250 Å². The quantitative estimate of drug-likeness (QED) is 0.221. The number of rotatable bonds is 8. The lowest BCUT2D eigenvalue weighted by Crippen LogP contribution is -2.44. The first-order valence-corrected chi connectivity index (χ1v) is 14.9. The number of piperazine rings is 1. The molecule has 2 aromatic heterocycles. The second kappa shape index (κ2) is 12.4. The highest BCUT2D eigenvalue weighted by Crippen LogP contribution is 2.31. The summed E-state index contributed by atoms with van der Waals surface area (Å²) in [4.78, 5) is 42.4. The number of nitrogens with zero attached hydrogens (tertiary/aromatic N) is 4. The zero-order valence-electron chi connectivity index (χ0n) is 24.5. The van der Waals surface area contributed by atoms with Gasteiger partial charge in [-0.1, -0.05) is 0 Å². The van der Waals surface area contributed by atoms with Gasteiger partial charge in [0.15, 0.2) is 5.78 Å². The topological polar surface area (TPSA) is 118 Å². The van der Waals surface area contributed by atoms with E-state index in [0.29, 0.717) is 33.9 Å². The summed E-state index contributed by atoms with van der Waals surface area (Å²) in [5.74, 6) is 0.293. The zero-order valence-corrected chi connectivity index (χ0v) is 24.5. The molecule has 1 saturated heterocycles. The van der Waals surface area contributed by atoms with Crippen LogP contribution in [0.25, 0.3) is 11.0 Å². The Morgan fingerprint density at radius 3 is 2.26 bits per heavy atom. The van der Waals surface area contributed by atoms with Gasteiger partial charge in [0.1, 0.15) is 17.3 Å². The number of carbonyl (C=O) groups is 2. The van der Waals surface area contributed by atoms with Crippen LogP contribution in [0.5, 0.6) is 0 Å². The molecular weight excluding hydrogens is 547 g/mol. The third kappa shape index (κ3) is 6.61. The highest BCUT2D eigenvalue weighted by atomic mass is 19.1. The van der Waals surface area contributed by atoms with Gasteiger partial charge in [0.05, 0.1) is 10.9 Å². The number of likely N-dealkylation sites (N-methyl/N-ethyl adjacent to an activating group) is 1. The fraction of sp³-hybridized carbons (Fsp3) is 0.375. The second-order valence-corrected chi connectivity index (χ2v) is 11.5. The number of nitrogens with one attached hydrogen (secondary N) is 4. The van der Waals surface area contributed by atoms with Crippen LogP contribution in [-0.2, 0) is 4.79 Å². The molecule has 2 aromatic carbocycles. The van der Waals surface area contributed by atoms with E-state index in [1.807, 2.05) is 12.1 Å². The van der Waals surface area contributed by atoms with Crippen LogP contribution in [0.3, 0.4) is 0 Å². The number of ketones is 1. The van der Waals surface area contributed by atoms with Crippen molar-refractivity contribution in [2.45, 2.75) is 44.7 Å². The first-order valence-electron chi connectivity index (χ1n) is 14.9. The molecule has 224 valence electrons. The predicted molar refractivity (Wildman–Crippen MR) is 167 cm³/mol. The molecule has 4 aromatic rings. The fourth-order valence-electron chi connectivity index (χ4n) is 5.94. The standard InChI is InChI=1S/C32H37FN8O2/c1-20(42)35-23-7-9-24(10-8-23)36-31-28-27(29(43)21-3-5-22(33)6-4-21)19-34-30(28)38-32(39-31)37-25-11-13-26(14-12-25)41-17-15-40(2)16-18-41/h3-6,11-14,19,23-24H,7-10,15-18H2,1-2H3,(H,35,42)(H3,34,36,37,38,39). The number of fused-ring (bicyclic) bond motifs is 1. The third-order valence-electron chi connectivity index (χ3n) is 8.35. The van der Waals surface area contributed by atoms with Gasteiger partial charge in [0.25, 0.3) is 0 Å². The van der Waals surface area contributed by atoms with Crippen LogP contribution < -0.4 is 20.9 Å². The van der Waals surface area contributed by atoms with Crippen molar-refractivity contribution in [2.75, 3.05) is 48.8 Å². The van der Waals surface area contributed by atoms with Crippen molar-refractivity contribution in [3.8, 4) is 0 Å². The lowest BCUT2D eigenvalue weighted by molar-refractivity contribution is -0.119. The fourth-order valence-corrected chi connectivity index (χ4v) is 5.94. The second-order valence-electron chi connectivity index (χ2n) is 11.5. The van der Waals surface area contributed by atoms with Crippen LogP contribution in [0.15, 0.2) is 54.7 Å². The Hall–Kier alpha value is -4.51. The van der Waals surface area contributed by atoms with Gasteiger partial charge < -0.3 is 30.7 Å². The van der Waals surface area contributed by atoms with Crippen molar-refractivity contribution in [1.29, 1.82) is 0 Å². The van der Waals surface area contributed by atoms with Gasteiger partial charge in [-0.15, -0.1) is 0 Å². The van der Waals surface area contributed by atoms with E-state index >= 15 is 0 Å². The smallest absolute Gasteiger partial charge is 0.231 e. The summed E-state index contributed by atoms with van der Waals surface area (Å²) in [6.07, 6.45) is 5.03. The Bertz CT molecular complexity index is 1590. The summed E-state index contributed by atoms with van der Waals surface area (Å²) in [5.41, 5.74) is 3.35. The van der Waals surface area contributed by atoms with Gasteiger partial charge >= 0.3 is 0 Å². The van der Waals surface area contributed by atoms with E-state index < -0.39 is 5.82 Å². The monoisotopic (exact) mass is 584 g/mol. The molecule has 0 bridgehead atoms.